The fourth-order valence-electron chi connectivity index (χ4n) is 1.66. The van der Waals surface area contributed by atoms with E-state index in [1.807, 2.05) is 13.0 Å². The van der Waals surface area contributed by atoms with Gasteiger partial charge in [-0.3, -0.25) is 0 Å². The van der Waals surface area contributed by atoms with Crippen LogP contribution in [0.5, 0.6) is 0 Å². The molecule has 0 amide bonds. The van der Waals surface area contributed by atoms with Gasteiger partial charge in [-0.25, -0.2) is 4.98 Å². The summed E-state index contributed by atoms with van der Waals surface area (Å²) in [5, 5.41) is 2.83. The summed E-state index contributed by atoms with van der Waals surface area (Å²) in [5.41, 5.74) is 6.15. The number of aryl methyl sites for hydroxylation is 1. The molecule has 0 aliphatic rings. The minimum atomic E-state index is -4.46. The summed E-state index contributed by atoms with van der Waals surface area (Å²) in [6.45, 7) is 1.88. The molecule has 0 radical (unpaired) electrons. The second kappa shape index (κ2) is 5.32. The van der Waals surface area contributed by atoms with E-state index in [0.29, 0.717) is 5.69 Å². The Morgan fingerprint density at radius 1 is 1.25 bits per heavy atom. The molecule has 0 fully saturated rings. The third-order valence-corrected chi connectivity index (χ3v) is 3.68. The van der Waals surface area contributed by atoms with E-state index in [1.165, 1.54) is 0 Å². The smallest absolute Gasteiger partial charge is 0.384 e. The van der Waals surface area contributed by atoms with Gasteiger partial charge in [0.25, 0.3) is 0 Å². The summed E-state index contributed by atoms with van der Waals surface area (Å²) in [5.74, 6) is -0.144. The number of aromatic nitrogens is 1. The molecule has 0 saturated heterocycles. The van der Waals surface area contributed by atoms with Crippen LogP contribution in [0.1, 0.15) is 11.1 Å². The van der Waals surface area contributed by atoms with Gasteiger partial charge in [0.15, 0.2) is 0 Å². The Kier molecular flexibility index (Phi) is 3.89. The molecule has 0 aliphatic heterocycles. The van der Waals surface area contributed by atoms with Crippen molar-refractivity contribution in [3.05, 3.63) is 45.9 Å². The lowest BCUT2D eigenvalue weighted by Crippen LogP contribution is -2.08. The number of anilines is 3. The molecule has 1 aromatic carbocycles. The standard InChI is InChI=1S/C13H11BrF3N3/c1-7-3-2-4-9(12(7)14)19-11-6-8(13(15,16)17)5-10(18)20-11/h2-6H,1H3,(H3,18,19,20). The summed E-state index contributed by atoms with van der Waals surface area (Å²) in [4.78, 5) is 3.86. The van der Waals surface area contributed by atoms with Gasteiger partial charge in [0.2, 0.25) is 0 Å². The Bertz CT molecular complexity index is 641. The first-order chi connectivity index (χ1) is 9.27. The van der Waals surface area contributed by atoms with Crippen molar-refractivity contribution in [1.29, 1.82) is 0 Å². The average molecular weight is 346 g/mol. The van der Waals surface area contributed by atoms with E-state index in [4.69, 9.17) is 5.73 Å². The lowest BCUT2D eigenvalue weighted by Gasteiger charge is -2.13. The first-order valence-corrected chi connectivity index (χ1v) is 6.43. The molecule has 3 nitrogen and oxygen atoms in total. The summed E-state index contributed by atoms with van der Waals surface area (Å²) in [7, 11) is 0. The van der Waals surface area contributed by atoms with Crippen LogP contribution in [0.15, 0.2) is 34.8 Å². The highest BCUT2D eigenvalue weighted by atomic mass is 79.9. The number of benzene rings is 1. The molecule has 2 rings (SSSR count). The van der Waals surface area contributed by atoms with Gasteiger partial charge in [0.1, 0.15) is 11.6 Å². The number of rotatable bonds is 2. The minimum Gasteiger partial charge on any atom is -0.384 e. The Balaban J connectivity index is 2.39. The number of hydrogen-bond acceptors (Lipinski definition) is 3. The topological polar surface area (TPSA) is 50.9 Å². The molecule has 0 atom stereocenters. The predicted octanol–water partition coefficient (Wildman–Crippen LogP) is 4.50. The fraction of sp³-hybridized carbons (Fsp3) is 0.154. The predicted molar refractivity (Wildman–Crippen MR) is 75.8 cm³/mol. The highest BCUT2D eigenvalue weighted by Gasteiger charge is 2.31. The molecule has 3 N–H and O–H groups in total. The van der Waals surface area contributed by atoms with Crippen LogP contribution in [-0.2, 0) is 6.18 Å². The molecule has 7 heteroatoms. The second-order valence-corrected chi connectivity index (χ2v) is 5.02. The normalized spacial score (nSPS) is 11.4. The SMILES string of the molecule is Cc1cccc(Nc2cc(C(F)(F)F)cc(N)n2)c1Br. The number of nitrogens with two attached hydrogens (primary N) is 1. The molecule has 0 saturated carbocycles. The zero-order valence-corrected chi connectivity index (χ0v) is 12.0. The molecule has 0 bridgehead atoms. The number of nitrogen functional groups attached to an aromatic ring is 1. The van der Waals surface area contributed by atoms with Crippen molar-refractivity contribution in [3.8, 4) is 0 Å². The largest absolute Gasteiger partial charge is 0.416 e. The van der Waals surface area contributed by atoms with E-state index in [2.05, 4.69) is 26.2 Å². The van der Waals surface area contributed by atoms with E-state index in [9.17, 15) is 13.2 Å². The van der Waals surface area contributed by atoms with Gasteiger partial charge < -0.3 is 11.1 Å². The minimum absolute atomic E-state index is 0.0450. The Hall–Kier alpha value is -1.76. The zero-order chi connectivity index (χ0) is 14.9. The lowest BCUT2D eigenvalue weighted by atomic mass is 10.2. The average Bonchev–Trinajstić information content (AvgIpc) is 2.33. The van der Waals surface area contributed by atoms with E-state index < -0.39 is 11.7 Å². The molecule has 106 valence electrons. The number of pyridine rings is 1. The van der Waals surface area contributed by atoms with Crippen molar-refractivity contribution in [3.63, 3.8) is 0 Å². The summed E-state index contributed by atoms with van der Waals surface area (Å²) >= 11 is 3.37. The van der Waals surface area contributed by atoms with Gasteiger partial charge in [-0.1, -0.05) is 12.1 Å². The molecule has 0 unspecified atom stereocenters. The third-order valence-electron chi connectivity index (χ3n) is 2.63. The van der Waals surface area contributed by atoms with Crippen LogP contribution >= 0.6 is 15.9 Å². The lowest BCUT2D eigenvalue weighted by molar-refractivity contribution is -0.137. The highest BCUT2D eigenvalue weighted by Crippen LogP contribution is 2.33. The molecule has 1 aromatic heterocycles. The summed E-state index contributed by atoms with van der Waals surface area (Å²) in [6, 6.07) is 7.12. The molecular weight excluding hydrogens is 335 g/mol. The van der Waals surface area contributed by atoms with Crippen molar-refractivity contribution in [1.82, 2.24) is 4.98 Å². The van der Waals surface area contributed by atoms with E-state index in [0.717, 1.165) is 22.2 Å². The van der Waals surface area contributed by atoms with Crippen LogP contribution in [0.3, 0.4) is 0 Å². The van der Waals surface area contributed by atoms with E-state index in [-0.39, 0.29) is 11.6 Å². The van der Waals surface area contributed by atoms with E-state index in [1.54, 1.807) is 12.1 Å². The van der Waals surface area contributed by atoms with Crippen LogP contribution in [-0.4, -0.2) is 4.98 Å². The van der Waals surface area contributed by atoms with Crippen LogP contribution in [0, 0.1) is 6.92 Å². The first-order valence-electron chi connectivity index (χ1n) is 5.64. The van der Waals surface area contributed by atoms with Crippen LogP contribution in [0.25, 0.3) is 0 Å². The first kappa shape index (κ1) is 14.6. The number of alkyl halides is 3. The van der Waals surface area contributed by atoms with Crippen molar-refractivity contribution < 1.29 is 13.2 Å². The van der Waals surface area contributed by atoms with Gasteiger partial charge in [-0.2, -0.15) is 13.2 Å². The maximum Gasteiger partial charge on any atom is 0.416 e. The molecule has 20 heavy (non-hydrogen) atoms. The molecular formula is C13H11BrF3N3. The number of nitrogens with one attached hydrogen (secondary N) is 1. The van der Waals surface area contributed by atoms with Crippen LogP contribution < -0.4 is 11.1 Å². The zero-order valence-electron chi connectivity index (χ0n) is 10.4. The number of hydrogen-bond donors (Lipinski definition) is 2. The van der Waals surface area contributed by atoms with Gasteiger partial charge in [-0.05, 0) is 46.6 Å². The number of nitrogens with zero attached hydrogens (tertiary/aromatic N) is 1. The Morgan fingerprint density at radius 2 is 1.95 bits per heavy atom. The molecule has 1 heterocycles. The third kappa shape index (κ3) is 3.22. The molecule has 2 aromatic rings. The monoisotopic (exact) mass is 345 g/mol. The molecule has 0 spiro atoms. The Morgan fingerprint density at radius 3 is 2.60 bits per heavy atom. The van der Waals surface area contributed by atoms with Gasteiger partial charge in [0, 0.05) is 4.47 Å². The van der Waals surface area contributed by atoms with Crippen molar-refractivity contribution >= 4 is 33.3 Å². The van der Waals surface area contributed by atoms with Gasteiger partial charge in [0.05, 0.1) is 11.3 Å². The second-order valence-electron chi connectivity index (χ2n) is 4.23. The number of halogens is 4. The van der Waals surface area contributed by atoms with Crippen LogP contribution in [0.2, 0.25) is 0 Å². The maximum atomic E-state index is 12.7. The maximum absolute atomic E-state index is 12.7. The highest BCUT2D eigenvalue weighted by molar-refractivity contribution is 9.10. The Labute approximate surface area is 122 Å². The van der Waals surface area contributed by atoms with Crippen molar-refractivity contribution in [2.24, 2.45) is 0 Å². The van der Waals surface area contributed by atoms with Crippen molar-refractivity contribution in [2.45, 2.75) is 13.1 Å². The quantitative estimate of drug-likeness (QED) is 0.842. The fourth-order valence-corrected chi connectivity index (χ4v) is 2.03. The van der Waals surface area contributed by atoms with E-state index >= 15 is 0 Å². The molecule has 0 aliphatic carbocycles. The van der Waals surface area contributed by atoms with Crippen molar-refractivity contribution in [2.75, 3.05) is 11.1 Å². The van der Waals surface area contributed by atoms with Crippen LogP contribution in [0.4, 0.5) is 30.5 Å². The summed E-state index contributed by atoms with van der Waals surface area (Å²) < 4.78 is 38.9. The van der Waals surface area contributed by atoms with Gasteiger partial charge in [-0.15, -0.1) is 0 Å². The van der Waals surface area contributed by atoms with Gasteiger partial charge >= 0.3 is 6.18 Å². The summed E-state index contributed by atoms with van der Waals surface area (Å²) in [6.07, 6.45) is -4.46.